The molecule has 2 heteroatoms. The highest BCUT2D eigenvalue weighted by Gasteiger charge is 2.33. The molecule has 1 N–H and O–H groups in total. The summed E-state index contributed by atoms with van der Waals surface area (Å²) in [5, 5.41) is 9.69. The largest absolute Gasteiger partial charge is 0.379 e. The fourth-order valence-electron chi connectivity index (χ4n) is 2.84. The van der Waals surface area contributed by atoms with Crippen molar-refractivity contribution in [3.8, 4) is 0 Å². The number of hydrogen-bond acceptors (Lipinski definition) is 2. The SMILES string of the molecule is CC(O)N(C)C1CCCCCCC1(C)C. The number of rotatable bonds is 2. The van der Waals surface area contributed by atoms with Gasteiger partial charge < -0.3 is 5.11 Å². The van der Waals surface area contributed by atoms with Crippen molar-refractivity contribution >= 4 is 0 Å². The first-order chi connectivity index (χ1) is 6.95. The molecular weight excluding hydrogens is 186 g/mol. The van der Waals surface area contributed by atoms with E-state index < -0.39 is 0 Å². The predicted molar refractivity (Wildman–Crippen MR) is 64.7 cm³/mol. The van der Waals surface area contributed by atoms with Gasteiger partial charge in [-0.3, -0.25) is 4.90 Å². The third kappa shape index (κ3) is 3.46. The molecule has 0 aromatic rings. The van der Waals surface area contributed by atoms with Gasteiger partial charge in [0.1, 0.15) is 6.23 Å². The van der Waals surface area contributed by atoms with Gasteiger partial charge >= 0.3 is 0 Å². The Morgan fingerprint density at radius 1 is 1.20 bits per heavy atom. The Kier molecular flexibility index (Phi) is 4.60. The normalized spacial score (nSPS) is 29.6. The molecule has 0 saturated heterocycles. The van der Waals surface area contributed by atoms with Gasteiger partial charge in [0, 0.05) is 6.04 Å². The van der Waals surface area contributed by atoms with Gasteiger partial charge in [0.25, 0.3) is 0 Å². The maximum Gasteiger partial charge on any atom is 0.104 e. The van der Waals surface area contributed by atoms with Crippen LogP contribution in [-0.2, 0) is 0 Å². The molecule has 15 heavy (non-hydrogen) atoms. The van der Waals surface area contributed by atoms with Crippen molar-refractivity contribution in [2.24, 2.45) is 5.41 Å². The Bertz CT molecular complexity index is 189. The highest BCUT2D eigenvalue weighted by Crippen LogP contribution is 2.36. The highest BCUT2D eigenvalue weighted by atomic mass is 16.3. The van der Waals surface area contributed by atoms with E-state index in [0.717, 1.165) is 0 Å². The Hall–Kier alpha value is -0.0800. The Morgan fingerprint density at radius 2 is 1.80 bits per heavy atom. The van der Waals surface area contributed by atoms with Crippen LogP contribution in [0.4, 0.5) is 0 Å². The molecule has 90 valence electrons. The van der Waals surface area contributed by atoms with Crippen LogP contribution in [0.2, 0.25) is 0 Å². The zero-order valence-corrected chi connectivity index (χ0v) is 10.8. The summed E-state index contributed by atoms with van der Waals surface area (Å²) < 4.78 is 0. The van der Waals surface area contributed by atoms with E-state index in [1.165, 1.54) is 38.5 Å². The van der Waals surface area contributed by atoms with Crippen LogP contribution in [0.3, 0.4) is 0 Å². The summed E-state index contributed by atoms with van der Waals surface area (Å²) in [4.78, 5) is 2.14. The first-order valence-corrected chi connectivity index (χ1v) is 6.35. The van der Waals surface area contributed by atoms with Crippen molar-refractivity contribution in [3.05, 3.63) is 0 Å². The number of hydrogen-bond donors (Lipinski definition) is 1. The number of nitrogens with zero attached hydrogens (tertiary/aromatic N) is 1. The molecule has 2 atom stereocenters. The molecule has 2 nitrogen and oxygen atoms in total. The molecule has 2 unspecified atom stereocenters. The van der Waals surface area contributed by atoms with Crippen LogP contribution in [0.25, 0.3) is 0 Å². The summed E-state index contributed by atoms with van der Waals surface area (Å²) in [6.45, 7) is 6.57. The summed E-state index contributed by atoms with van der Waals surface area (Å²) in [5.74, 6) is 0. The minimum absolute atomic E-state index is 0.325. The van der Waals surface area contributed by atoms with E-state index in [2.05, 4.69) is 25.8 Å². The monoisotopic (exact) mass is 213 g/mol. The van der Waals surface area contributed by atoms with Crippen molar-refractivity contribution in [1.29, 1.82) is 0 Å². The molecule has 0 aromatic carbocycles. The van der Waals surface area contributed by atoms with Crippen molar-refractivity contribution in [1.82, 2.24) is 4.90 Å². The third-order valence-corrected chi connectivity index (χ3v) is 4.03. The lowest BCUT2D eigenvalue weighted by Gasteiger charge is -2.43. The molecule has 0 amide bonds. The van der Waals surface area contributed by atoms with Crippen LogP contribution in [0.5, 0.6) is 0 Å². The quantitative estimate of drug-likeness (QED) is 0.713. The third-order valence-electron chi connectivity index (χ3n) is 4.03. The summed E-state index contributed by atoms with van der Waals surface area (Å²) in [6.07, 6.45) is 7.59. The van der Waals surface area contributed by atoms with Gasteiger partial charge in [0.2, 0.25) is 0 Å². The van der Waals surface area contributed by atoms with Gasteiger partial charge in [-0.2, -0.15) is 0 Å². The molecule has 0 bridgehead atoms. The van der Waals surface area contributed by atoms with E-state index in [0.29, 0.717) is 11.5 Å². The van der Waals surface area contributed by atoms with Crippen LogP contribution in [0.1, 0.15) is 59.3 Å². The van der Waals surface area contributed by atoms with Gasteiger partial charge in [-0.05, 0) is 32.2 Å². The highest BCUT2D eigenvalue weighted by molar-refractivity contribution is 4.86. The molecule has 1 aliphatic rings. The molecule has 0 heterocycles. The summed E-state index contributed by atoms with van der Waals surface area (Å²) >= 11 is 0. The zero-order chi connectivity index (χ0) is 11.5. The first-order valence-electron chi connectivity index (χ1n) is 6.35. The first kappa shape index (κ1) is 13.0. The maximum atomic E-state index is 9.69. The van der Waals surface area contributed by atoms with E-state index in [9.17, 15) is 5.11 Å². The lowest BCUT2D eigenvalue weighted by atomic mass is 9.75. The van der Waals surface area contributed by atoms with Crippen LogP contribution >= 0.6 is 0 Å². The number of aliphatic hydroxyl groups excluding tert-OH is 1. The molecule has 1 rings (SSSR count). The van der Waals surface area contributed by atoms with Crippen LogP contribution < -0.4 is 0 Å². The van der Waals surface area contributed by atoms with Crippen LogP contribution in [0.15, 0.2) is 0 Å². The average Bonchev–Trinajstić information content (AvgIpc) is 2.12. The van der Waals surface area contributed by atoms with E-state index in [1.807, 2.05) is 6.92 Å². The smallest absolute Gasteiger partial charge is 0.104 e. The standard InChI is InChI=1S/C13H27NO/c1-11(15)14(4)12-9-7-5-6-8-10-13(12,2)3/h11-12,15H,5-10H2,1-4H3. The topological polar surface area (TPSA) is 23.5 Å². The van der Waals surface area contributed by atoms with E-state index in [4.69, 9.17) is 0 Å². The molecule has 0 radical (unpaired) electrons. The molecule has 1 aliphatic carbocycles. The second-order valence-corrected chi connectivity index (χ2v) is 5.75. The summed E-state index contributed by atoms with van der Waals surface area (Å²) in [5.41, 5.74) is 0.339. The molecule has 1 saturated carbocycles. The molecule has 0 aliphatic heterocycles. The summed E-state index contributed by atoms with van der Waals surface area (Å²) in [6, 6.07) is 0.526. The van der Waals surface area contributed by atoms with Gasteiger partial charge in [0.05, 0.1) is 0 Å². The Labute approximate surface area is 94.7 Å². The predicted octanol–water partition coefficient (Wildman–Crippen LogP) is 3.01. The average molecular weight is 213 g/mol. The molecular formula is C13H27NO. The minimum atomic E-state index is -0.325. The van der Waals surface area contributed by atoms with Gasteiger partial charge in [-0.25, -0.2) is 0 Å². The second kappa shape index (κ2) is 5.31. The van der Waals surface area contributed by atoms with E-state index in [-0.39, 0.29) is 6.23 Å². The van der Waals surface area contributed by atoms with Gasteiger partial charge in [0.15, 0.2) is 0 Å². The lowest BCUT2D eigenvalue weighted by molar-refractivity contribution is -0.0378. The van der Waals surface area contributed by atoms with Crippen LogP contribution in [0, 0.1) is 5.41 Å². The van der Waals surface area contributed by atoms with Crippen molar-refractivity contribution < 1.29 is 5.11 Å². The van der Waals surface area contributed by atoms with Crippen molar-refractivity contribution in [2.45, 2.75) is 71.6 Å². The molecule has 0 spiro atoms. The Morgan fingerprint density at radius 3 is 2.40 bits per heavy atom. The van der Waals surface area contributed by atoms with E-state index in [1.54, 1.807) is 0 Å². The maximum absolute atomic E-state index is 9.69. The van der Waals surface area contributed by atoms with Gasteiger partial charge in [-0.15, -0.1) is 0 Å². The van der Waals surface area contributed by atoms with E-state index >= 15 is 0 Å². The zero-order valence-electron chi connectivity index (χ0n) is 10.8. The molecule has 1 fully saturated rings. The fraction of sp³-hybridized carbons (Fsp3) is 1.00. The number of aliphatic hydroxyl groups is 1. The fourth-order valence-corrected chi connectivity index (χ4v) is 2.84. The Balaban J connectivity index is 2.70. The van der Waals surface area contributed by atoms with Gasteiger partial charge in [-0.1, -0.05) is 39.5 Å². The summed E-state index contributed by atoms with van der Waals surface area (Å²) in [7, 11) is 2.05. The molecule has 0 aromatic heterocycles. The second-order valence-electron chi connectivity index (χ2n) is 5.75. The van der Waals surface area contributed by atoms with Crippen LogP contribution in [-0.4, -0.2) is 29.3 Å². The van der Waals surface area contributed by atoms with Crippen molar-refractivity contribution in [2.75, 3.05) is 7.05 Å². The van der Waals surface area contributed by atoms with Crippen molar-refractivity contribution in [3.63, 3.8) is 0 Å². The minimum Gasteiger partial charge on any atom is -0.379 e. The lowest BCUT2D eigenvalue weighted by Crippen LogP contribution is -2.47.